The van der Waals surface area contributed by atoms with E-state index in [-0.39, 0.29) is 41.9 Å². The Balaban J connectivity index is 0. The minimum Gasteiger partial charge on any atom is -0.658 e. The molecule has 0 aliphatic carbocycles. The van der Waals surface area contributed by atoms with Crippen LogP contribution in [0.15, 0.2) is 12.7 Å². The van der Waals surface area contributed by atoms with Gasteiger partial charge in [-0.2, -0.15) is 8.42 Å². The maximum absolute atomic E-state index is 10.7. The van der Waals surface area contributed by atoms with Crippen LogP contribution >= 0.6 is 0 Å². The Bertz CT molecular complexity index is 203. The molecule has 0 aromatic carbocycles. The van der Waals surface area contributed by atoms with Gasteiger partial charge in [-0.3, -0.25) is 4.18 Å². The monoisotopic (exact) mass is 201 g/mol. The van der Waals surface area contributed by atoms with Gasteiger partial charge in [-0.15, -0.1) is 25.7 Å². The first-order chi connectivity index (χ1) is 5.12. The first kappa shape index (κ1) is 15.1. The van der Waals surface area contributed by atoms with Crippen LogP contribution in [-0.4, -0.2) is 34.4 Å². The third-order valence-electron chi connectivity index (χ3n) is 1.01. The summed E-state index contributed by atoms with van der Waals surface area (Å²) in [6, 6.07) is 0. The van der Waals surface area contributed by atoms with Gasteiger partial charge >= 0.3 is 29.6 Å². The van der Waals surface area contributed by atoms with Gasteiger partial charge in [0, 0.05) is 0 Å². The maximum atomic E-state index is 10.7. The van der Waals surface area contributed by atoms with E-state index < -0.39 is 10.1 Å². The van der Waals surface area contributed by atoms with Crippen molar-refractivity contribution in [3.8, 4) is 0 Å². The quantitative estimate of drug-likeness (QED) is 0.207. The normalized spacial score (nSPS) is 10.4. The second-order valence-corrected chi connectivity index (χ2v) is 3.70. The van der Waals surface area contributed by atoms with E-state index in [2.05, 4.69) is 16.1 Å². The van der Waals surface area contributed by atoms with Crippen molar-refractivity contribution < 1.29 is 42.2 Å². The van der Waals surface area contributed by atoms with E-state index >= 15 is 0 Å². The van der Waals surface area contributed by atoms with E-state index in [9.17, 15) is 8.42 Å². The number of rotatable bonds is 6. The number of nitrogens with zero attached hydrogens (tertiary/aromatic N) is 1. The van der Waals surface area contributed by atoms with Crippen molar-refractivity contribution in [3.63, 3.8) is 0 Å². The second kappa shape index (κ2) is 8.22. The van der Waals surface area contributed by atoms with Gasteiger partial charge in [0.1, 0.15) is 0 Å². The van der Waals surface area contributed by atoms with Crippen LogP contribution in [-0.2, 0) is 14.3 Å². The zero-order valence-corrected chi connectivity index (χ0v) is 10.3. The third-order valence-corrected chi connectivity index (χ3v) is 2.20. The summed E-state index contributed by atoms with van der Waals surface area (Å²) >= 11 is 0. The molecule has 0 atom stereocenters. The summed E-state index contributed by atoms with van der Waals surface area (Å²) in [4.78, 5) is 0. The first-order valence-electron chi connectivity index (χ1n) is 3.15. The summed E-state index contributed by atoms with van der Waals surface area (Å²) in [5.41, 5.74) is 0. The summed E-state index contributed by atoms with van der Waals surface area (Å²) in [6.07, 6.45) is 1.61. The molecule has 0 radical (unpaired) electrons. The Kier molecular flexibility index (Phi) is 10.3. The van der Waals surface area contributed by atoms with E-state index in [1.54, 1.807) is 6.08 Å². The topological polar surface area (TPSA) is 57.5 Å². The summed E-state index contributed by atoms with van der Waals surface area (Å²) in [5, 5.41) is 3.85. The molecule has 0 saturated carbocycles. The Labute approximate surface area is 95.8 Å². The minimum atomic E-state index is -3.33. The molecule has 12 heavy (non-hydrogen) atoms. The molecule has 66 valence electrons. The zero-order valence-electron chi connectivity index (χ0n) is 7.49. The van der Waals surface area contributed by atoms with Crippen LogP contribution < -0.4 is 29.6 Å². The third kappa shape index (κ3) is 8.70. The molecule has 0 fully saturated rings. The fourth-order valence-electron chi connectivity index (χ4n) is 0.442. The maximum Gasteiger partial charge on any atom is 1.00 e. The number of hydrogen-bond donors (Lipinski definition) is 0. The smallest absolute Gasteiger partial charge is 0.658 e. The molecule has 0 aromatic rings. The molecule has 4 nitrogen and oxygen atoms in total. The first-order valence-corrected chi connectivity index (χ1v) is 4.72. The van der Waals surface area contributed by atoms with Crippen LogP contribution in [0.1, 0.15) is 0 Å². The van der Waals surface area contributed by atoms with Crippen molar-refractivity contribution in [2.45, 2.75) is 0 Å². The molecule has 0 amide bonds. The van der Waals surface area contributed by atoms with Gasteiger partial charge in [0.05, 0.1) is 12.9 Å². The molecule has 0 unspecified atom stereocenters. The molecule has 0 saturated heterocycles. The van der Waals surface area contributed by atoms with E-state index in [4.69, 9.17) is 0 Å². The standard InChI is InChI=1S/C6H12NO3S.Na/c1-3-4-7-5-6-11(8,9)10-2;/h3H,1,4-6H2,2H3;/q-1;+1. The van der Waals surface area contributed by atoms with Gasteiger partial charge in [-0.25, -0.2) is 0 Å². The Morgan fingerprint density at radius 3 is 2.58 bits per heavy atom. The largest absolute Gasteiger partial charge is 1.00 e. The predicted molar refractivity (Wildman–Crippen MR) is 44.1 cm³/mol. The fourth-order valence-corrected chi connectivity index (χ4v) is 0.962. The van der Waals surface area contributed by atoms with Gasteiger partial charge in [0.2, 0.25) is 0 Å². The molecule has 0 N–H and O–H groups in total. The summed E-state index contributed by atoms with van der Waals surface area (Å²) in [7, 11) is -2.19. The van der Waals surface area contributed by atoms with Crippen molar-refractivity contribution in [2.24, 2.45) is 0 Å². The summed E-state index contributed by atoms with van der Waals surface area (Å²) in [5.74, 6) is -0.0582. The average molecular weight is 201 g/mol. The predicted octanol–water partition coefficient (Wildman–Crippen LogP) is -2.47. The summed E-state index contributed by atoms with van der Waals surface area (Å²) in [6.45, 7) is 4.19. The van der Waals surface area contributed by atoms with Crippen molar-refractivity contribution in [1.82, 2.24) is 0 Å². The zero-order chi connectivity index (χ0) is 8.74. The number of hydrogen-bond acceptors (Lipinski definition) is 3. The fraction of sp³-hybridized carbons (Fsp3) is 0.667. The van der Waals surface area contributed by atoms with Gasteiger partial charge in [-0.05, 0) is 0 Å². The Hall–Kier alpha value is 0.610. The molecule has 0 aliphatic rings. The molecule has 0 spiro atoms. The van der Waals surface area contributed by atoms with Crippen LogP contribution in [0.3, 0.4) is 0 Å². The van der Waals surface area contributed by atoms with Crippen molar-refractivity contribution >= 4 is 10.1 Å². The Morgan fingerprint density at radius 1 is 1.58 bits per heavy atom. The van der Waals surface area contributed by atoms with E-state index in [0.29, 0.717) is 6.54 Å². The average Bonchev–Trinajstić information content (AvgIpc) is 1.99. The molecule has 0 rings (SSSR count). The van der Waals surface area contributed by atoms with Crippen LogP contribution in [0.25, 0.3) is 5.32 Å². The molecule has 0 bridgehead atoms. The van der Waals surface area contributed by atoms with E-state index in [1.807, 2.05) is 0 Å². The molecular weight excluding hydrogens is 189 g/mol. The van der Waals surface area contributed by atoms with Crippen molar-refractivity contribution in [3.05, 3.63) is 18.0 Å². The summed E-state index contributed by atoms with van der Waals surface area (Å²) < 4.78 is 25.5. The van der Waals surface area contributed by atoms with Crippen molar-refractivity contribution in [2.75, 3.05) is 26.0 Å². The van der Waals surface area contributed by atoms with Crippen LogP contribution in [0, 0.1) is 0 Å². The van der Waals surface area contributed by atoms with Gasteiger partial charge < -0.3 is 5.32 Å². The second-order valence-electron chi connectivity index (χ2n) is 1.85. The van der Waals surface area contributed by atoms with Gasteiger partial charge in [-0.1, -0.05) is 0 Å². The molecule has 6 heteroatoms. The van der Waals surface area contributed by atoms with Crippen LogP contribution in [0.4, 0.5) is 0 Å². The SMILES string of the molecule is C=CC[N-]CCS(=O)(=O)OC.[Na+]. The Morgan fingerprint density at radius 2 is 2.17 bits per heavy atom. The van der Waals surface area contributed by atoms with Crippen molar-refractivity contribution in [1.29, 1.82) is 0 Å². The molecular formula is C6H12NNaO3S. The van der Waals surface area contributed by atoms with E-state index in [0.717, 1.165) is 7.11 Å². The molecule has 0 aromatic heterocycles. The molecule has 0 heterocycles. The van der Waals surface area contributed by atoms with Gasteiger partial charge in [0.15, 0.2) is 0 Å². The van der Waals surface area contributed by atoms with Crippen LogP contribution in [0.5, 0.6) is 0 Å². The van der Waals surface area contributed by atoms with Crippen LogP contribution in [0.2, 0.25) is 0 Å². The molecule has 0 aliphatic heterocycles. The minimum absolute atomic E-state index is 0. The van der Waals surface area contributed by atoms with E-state index in [1.165, 1.54) is 0 Å². The van der Waals surface area contributed by atoms with Gasteiger partial charge in [0.25, 0.3) is 10.1 Å².